The van der Waals surface area contributed by atoms with Crippen LogP contribution in [-0.4, -0.2) is 57.3 Å². The molecular weight excluding hydrogens is 887 g/mol. The second kappa shape index (κ2) is 60.7. The van der Waals surface area contributed by atoms with Crippen LogP contribution in [0.3, 0.4) is 0 Å². The highest BCUT2D eigenvalue weighted by Gasteiger charge is 2.28. The smallest absolute Gasteiger partial charge is 0.249 e. The second-order valence-corrected chi connectivity index (χ2v) is 22.8. The Hall–Kier alpha value is -1.21. The zero-order valence-electron chi connectivity index (χ0n) is 48.7. The van der Waals surface area contributed by atoms with Gasteiger partial charge in [0.2, 0.25) is 5.91 Å². The molecule has 0 aliphatic rings. The Bertz CT molecular complexity index is 1100. The fourth-order valence-corrected chi connectivity index (χ4v) is 10.5. The third kappa shape index (κ3) is 53.6. The molecule has 4 unspecified atom stereocenters. The Morgan fingerprint density at radius 1 is 0.333 bits per heavy atom. The number of hydrogen-bond donors (Lipinski definition) is 5. The van der Waals surface area contributed by atoms with Crippen molar-refractivity contribution in [1.29, 1.82) is 0 Å². The van der Waals surface area contributed by atoms with Crippen LogP contribution >= 0.6 is 0 Å². The standard InChI is InChI=1S/C66H129NO5/c1-3-5-7-9-11-13-15-17-19-21-23-25-27-29-30-31-32-33-34-36-37-39-41-43-45-47-49-51-53-55-57-59-63(69)65(71)62(61-68)67-66(72)64(70)60-58-56-54-52-50-48-46-44-42-40-38-35-28-26-24-22-20-18-16-14-12-10-8-6-4-2/h35,38,51,53,62-65,68-71H,3-34,36-37,39-50,52,54-61H2,1-2H3,(H,67,72)/b38-35-,53-51+. The normalized spacial score (nSPS) is 13.7. The molecule has 72 heavy (non-hydrogen) atoms. The number of aliphatic hydroxyl groups is 4. The van der Waals surface area contributed by atoms with E-state index >= 15 is 0 Å². The average molecular weight is 1020 g/mol. The van der Waals surface area contributed by atoms with E-state index in [4.69, 9.17) is 0 Å². The molecule has 0 aromatic heterocycles. The average Bonchev–Trinajstić information content (AvgIpc) is 3.39. The Kier molecular flexibility index (Phi) is 59.6. The molecule has 0 bridgehead atoms. The third-order valence-corrected chi connectivity index (χ3v) is 15.6. The van der Waals surface area contributed by atoms with Crippen molar-refractivity contribution in [2.75, 3.05) is 6.61 Å². The number of hydrogen-bond acceptors (Lipinski definition) is 5. The van der Waals surface area contributed by atoms with Crippen LogP contribution in [-0.2, 0) is 4.79 Å². The summed E-state index contributed by atoms with van der Waals surface area (Å²) in [4.78, 5) is 12.6. The SMILES string of the molecule is CCCCCCCCCCCCCC/C=C\CCCCCCCCCCCC(O)C(=O)NC(CO)C(O)C(O)CCC/C=C/CCCCCCCCCCCCCCCCCCCCCCCCCCCC. The van der Waals surface area contributed by atoms with Crippen LogP contribution in [0.1, 0.15) is 361 Å². The molecule has 6 nitrogen and oxygen atoms in total. The predicted molar refractivity (Wildman–Crippen MR) is 316 cm³/mol. The van der Waals surface area contributed by atoms with Crippen LogP contribution in [0.5, 0.6) is 0 Å². The van der Waals surface area contributed by atoms with Gasteiger partial charge in [0.15, 0.2) is 0 Å². The number of carbonyl (C=O) groups excluding carboxylic acids is 1. The lowest BCUT2D eigenvalue weighted by Crippen LogP contribution is -2.53. The zero-order chi connectivity index (χ0) is 52.3. The number of allylic oxidation sites excluding steroid dienone is 4. The summed E-state index contributed by atoms with van der Waals surface area (Å²) in [6.07, 6.45) is 75.7. The second-order valence-electron chi connectivity index (χ2n) is 22.8. The van der Waals surface area contributed by atoms with Crippen molar-refractivity contribution in [3.05, 3.63) is 24.3 Å². The highest BCUT2D eigenvalue weighted by Crippen LogP contribution is 2.19. The molecule has 0 fully saturated rings. The van der Waals surface area contributed by atoms with Crippen molar-refractivity contribution < 1.29 is 25.2 Å². The van der Waals surface area contributed by atoms with Gasteiger partial charge in [-0.2, -0.15) is 0 Å². The maximum atomic E-state index is 12.6. The van der Waals surface area contributed by atoms with Gasteiger partial charge in [0.25, 0.3) is 0 Å². The minimum absolute atomic E-state index is 0.363. The maximum Gasteiger partial charge on any atom is 0.249 e. The molecule has 5 N–H and O–H groups in total. The number of aliphatic hydroxyl groups excluding tert-OH is 4. The largest absolute Gasteiger partial charge is 0.394 e. The number of amides is 1. The van der Waals surface area contributed by atoms with Crippen molar-refractivity contribution in [3.8, 4) is 0 Å². The monoisotopic (exact) mass is 1020 g/mol. The Morgan fingerprint density at radius 2 is 0.569 bits per heavy atom. The van der Waals surface area contributed by atoms with E-state index in [0.717, 1.165) is 38.5 Å². The Balaban J connectivity index is 3.59. The van der Waals surface area contributed by atoms with Crippen molar-refractivity contribution in [1.82, 2.24) is 5.32 Å². The summed E-state index contributed by atoms with van der Waals surface area (Å²) in [6, 6.07) is -1.00. The van der Waals surface area contributed by atoms with Gasteiger partial charge in [0.1, 0.15) is 12.2 Å². The molecule has 0 saturated heterocycles. The van der Waals surface area contributed by atoms with Crippen LogP contribution in [0.4, 0.5) is 0 Å². The summed E-state index contributed by atoms with van der Waals surface area (Å²) < 4.78 is 0. The number of rotatable bonds is 61. The van der Waals surface area contributed by atoms with Crippen LogP contribution in [0.2, 0.25) is 0 Å². The summed E-state index contributed by atoms with van der Waals surface area (Å²) >= 11 is 0. The van der Waals surface area contributed by atoms with Gasteiger partial charge in [-0.25, -0.2) is 0 Å². The molecule has 0 radical (unpaired) electrons. The molecule has 0 saturated carbocycles. The first kappa shape index (κ1) is 70.8. The summed E-state index contributed by atoms with van der Waals surface area (Å²) in [5.74, 6) is -0.589. The lowest BCUT2D eigenvalue weighted by Gasteiger charge is -2.27. The van der Waals surface area contributed by atoms with Crippen LogP contribution in [0.15, 0.2) is 24.3 Å². The molecule has 0 rings (SSSR count). The van der Waals surface area contributed by atoms with E-state index in [1.54, 1.807) is 0 Å². The van der Waals surface area contributed by atoms with Gasteiger partial charge < -0.3 is 25.7 Å². The Labute approximate surface area is 450 Å². The first-order chi connectivity index (χ1) is 35.5. The minimum atomic E-state index is -1.28. The first-order valence-electron chi connectivity index (χ1n) is 32.7. The van der Waals surface area contributed by atoms with Gasteiger partial charge in [-0.1, -0.05) is 321 Å². The van der Waals surface area contributed by atoms with E-state index in [1.807, 2.05) is 0 Å². The summed E-state index contributed by atoms with van der Waals surface area (Å²) in [5.41, 5.74) is 0. The van der Waals surface area contributed by atoms with Crippen LogP contribution in [0, 0.1) is 0 Å². The van der Waals surface area contributed by atoms with Crippen molar-refractivity contribution in [2.45, 2.75) is 385 Å². The van der Waals surface area contributed by atoms with E-state index in [0.29, 0.717) is 12.8 Å². The Morgan fingerprint density at radius 3 is 0.833 bits per heavy atom. The summed E-state index contributed by atoms with van der Waals surface area (Å²) in [5, 5.41) is 44.1. The lowest BCUT2D eigenvalue weighted by molar-refractivity contribution is -0.132. The number of carbonyl (C=O) groups is 1. The molecular formula is C66H129NO5. The molecule has 0 aromatic rings. The van der Waals surface area contributed by atoms with Gasteiger partial charge in [0.05, 0.1) is 18.8 Å². The molecule has 0 aliphatic carbocycles. The maximum absolute atomic E-state index is 12.6. The van der Waals surface area contributed by atoms with Gasteiger partial charge in [-0.05, 0) is 64.2 Å². The topological polar surface area (TPSA) is 110 Å². The van der Waals surface area contributed by atoms with E-state index in [-0.39, 0.29) is 0 Å². The van der Waals surface area contributed by atoms with Crippen molar-refractivity contribution in [2.24, 2.45) is 0 Å². The van der Waals surface area contributed by atoms with Gasteiger partial charge in [0, 0.05) is 0 Å². The summed E-state index contributed by atoms with van der Waals surface area (Å²) in [6.45, 7) is 4.09. The van der Waals surface area contributed by atoms with Gasteiger partial charge in [-0.15, -0.1) is 0 Å². The van der Waals surface area contributed by atoms with E-state index < -0.39 is 36.9 Å². The van der Waals surface area contributed by atoms with Crippen molar-refractivity contribution >= 4 is 5.91 Å². The first-order valence-corrected chi connectivity index (χ1v) is 32.7. The van der Waals surface area contributed by atoms with Gasteiger partial charge in [-0.3, -0.25) is 4.79 Å². The van der Waals surface area contributed by atoms with E-state index in [2.05, 4.69) is 43.5 Å². The molecule has 0 aliphatic heterocycles. The number of unbranched alkanes of at least 4 members (excludes halogenated alkanes) is 48. The molecule has 0 spiro atoms. The molecule has 0 aromatic carbocycles. The highest BCUT2D eigenvalue weighted by molar-refractivity contribution is 5.80. The highest BCUT2D eigenvalue weighted by atomic mass is 16.3. The quantitative estimate of drug-likeness (QED) is 0.0308. The number of nitrogens with one attached hydrogen (secondary N) is 1. The fourth-order valence-electron chi connectivity index (χ4n) is 10.5. The predicted octanol–water partition coefficient (Wildman–Crippen LogP) is 19.8. The molecule has 6 heteroatoms. The fraction of sp³-hybridized carbons (Fsp3) is 0.924. The van der Waals surface area contributed by atoms with Crippen LogP contribution < -0.4 is 5.32 Å². The molecule has 428 valence electrons. The molecule has 1 amide bonds. The van der Waals surface area contributed by atoms with E-state index in [9.17, 15) is 25.2 Å². The van der Waals surface area contributed by atoms with E-state index in [1.165, 1.54) is 295 Å². The third-order valence-electron chi connectivity index (χ3n) is 15.6. The zero-order valence-corrected chi connectivity index (χ0v) is 48.7. The van der Waals surface area contributed by atoms with Crippen LogP contribution in [0.25, 0.3) is 0 Å². The molecule has 0 heterocycles. The minimum Gasteiger partial charge on any atom is -0.394 e. The lowest BCUT2D eigenvalue weighted by atomic mass is 10.00. The summed E-state index contributed by atoms with van der Waals surface area (Å²) in [7, 11) is 0. The molecule has 4 atom stereocenters. The van der Waals surface area contributed by atoms with Crippen molar-refractivity contribution in [3.63, 3.8) is 0 Å². The van der Waals surface area contributed by atoms with Gasteiger partial charge >= 0.3 is 0 Å².